The molecule has 0 radical (unpaired) electrons. The van der Waals surface area contributed by atoms with E-state index >= 15 is 0 Å². The van der Waals surface area contributed by atoms with Crippen molar-refractivity contribution in [3.05, 3.63) is 39.5 Å². The van der Waals surface area contributed by atoms with Gasteiger partial charge in [0, 0.05) is 23.1 Å². The highest BCUT2D eigenvalue weighted by molar-refractivity contribution is 6.03. The normalized spacial score (nSPS) is 13.3. The summed E-state index contributed by atoms with van der Waals surface area (Å²) in [5.74, 6) is -0.151. The number of allylic oxidation sites excluding steroid dienone is 2. The quantitative estimate of drug-likeness (QED) is 0.429. The van der Waals surface area contributed by atoms with Crippen molar-refractivity contribution in [2.24, 2.45) is 0 Å². The van der Waals surface area contributed by atoms with E-state index < -0.39 is 5.97 Å². The first kappa shape index (κ1) is 18.7. The number of cyclic esters (lactones) is 1. The van der Waals surface area contributed by atoms with Crippen molar-refractivity contribution in [2.75, 3.05) is 14.2 Å². The molecule has 0 saturated heterocycles. The summed E-state index contributed by atoms with van der Waals surface area (Å²) in [6.45, 7) is 3.92. The van der Waals surface area contributed by atoms with Crippen LogP contribution in [-0.2, 0) is 27.3 Å². The largest absolute Gasteiger partial charge is 0.496 e. The van der Waals surface area contributed by atoms with Gasteiger partial charge >= 0.3 is 11.9 Å². The molecule has 0 spiro atoms. The molecule has 0 bridgehead atoms. The minimum atomic E-state index is -0.476. The number of aldehydes is 1. The van der Waals surface area contributed by atoms with Gasteiger partial charge in [-0.3, -0.25) is 9.59 Å². The molecule has 0 unspecified atom stereocenters. The van der Waals surface area contributed by atoms with Crippen LogP contribution in [0.3, 0.4) is 0 Å². The summed E-state index contributed by atoms with van der Waals surface area (Å²) in [6.07, 6.45) is 3.90. The maximum Gasteiger partial charge on any atom is 0.339 e. The van der Waals surface area contributed by atoms with E-state index in [1.165, 1.54) is 14.2 Å². The second kappa shape index (κ2) is 7.96. The summed E-state index contributed by atoms with van der Waals surface area (Å²) >= 11 is 0. The molecule has 134 valence electrons. The summed E-state index contributed by atoms with van der Waals surface area (Å²) in [6, 6.07) is 0. The van der Waals surface area contributed by atoms with Crippen molar-refractivity contribution in [3.8, 4) is 5.75 Å². The predicted molar refractivity (Wildman–Crippen MR) is 90.9 cm³/mol. The molecule has 1 aromatic rings. The minimum absolute atomic E-state index is 0.158. The molecule has 1 aliphatic rings. The van der Waals surface area contributed by atoms with E-state index in [2.05, 4.69) is 4.74 Å². The SMILES string of the molecule is COC(=O)CCC(C)=CCc1c(C=O)c2c(c(C)c1OC)COC2=O. The van der Waals surface area contributed by atoms with Gasteiger partial charge in [-0.1, -0.05) is 11.6 Å². The number of carbonyl (C=O) groups excluding carboxylic acids is 3. The number of carbonyl (C=O) groups is 3. The van der Waals surface area contributed by atoms with Gasteiger partial charge in [0.2, 0.25) is 0 Å². The standard InChI is InChI=1S/C19H22O6/c1-11(6-8-16(21)23-3)5-7-13-14(9-20)17-15(10-25-19(17)22)12(2)18(13)24-4/h5,9H,6-8,10H2,1-4H3. The van der Waals surface area contributed by atoms with Gasteiger partial charge in [0.05, 0.1) is 19.8 Å². The summed E-state index contributed by atoms with van der Waals surface area (Å²) in [4.78, 5) is 34.9. The number of fused-ring (bicyclic) bond motifs is 1. The topological polar surface area (TPSA) is 78.9 Å². The van der Waals surface area contributed by atoms with Crippen LogP contribution in [0.2, 0.25) is 0 Å². The first-order valence-electron chi connectivity index (χ1n) is 8.01. The van der Waals surface area contributed by atoms with Crippen molar-refractivity contribution in [3.63, 3.8) is 0 Å². The maximum absolute atomic E-state index is 12.0. The fraction of sp³-hybridized carbons (Fsp3) is 0.421. The predicted octanol–water partition coefficient (Wildman–Crippen LogP) is 2.93. The maximum atomic E-state index is 12.0. The lowest BCUT2D eigenvalue weighted by Gasteiger charge is -2.16. The van der Waals surface area contributed by atoms with E-state index in [0.717, 1.165) is 11.1 Å². The average Bonchev–Trinajstić information content (AvgIpc) is 3.00. The first-order chi connectivity index (χ1) is 11.9. The Labute approximate surface area is 146 Å². The Balaban J connectivity index is 2.38. The van der Waals surface area contributed by atoms with Crippen LogP contribution >= 0.6 is 0 Å². The minimum Gasteiger partial charge on any atom is -0.496 e. The third kappa shape index (κ3) is 3.73. The molecule has 25 heavy (non-hydrogen) atoms. The number of rotatable bonds is 7. The van der Waals surface area contributed by atoms with Gasteiger partial charge in [0.25, 0.3) is 0 Å². The Kier molecular flexibility index (Phi) is 5.96. The number of esters is 2. The molecule has 0 atom stereocenters. The molecule has 6 nitrogen and oxygen atoms in total. The molecule has 6 heteroatoms. The Hall–Kier alpha value is -2.63. The van der Waals surface area contributed by atoms with Crippen molar-refractivity contribution >= 4 is 18.2 Å². The van der Waals surface area contributed by atoms with Crippen LogP contribution in [0.5, 0.6) is 5.75 Å². The zero-order valence-corrected chi connectivity index (χ0v) is 14.9. The second-order valence-electron chi connectivity index (χ2n) is 5.93. The Morgan fingerprint density at radius 3 is 2.60 bits per heavy atom. The summed E-state index contributed by atoms with van der Waals surface area (Å²) in [7, 11) is 2.90. The van der Waals surface area contributed by atoms with Crippen LogP contribution in [0, 0.1) is 6.92 Å². The molecular formula is C19H22O6. The molecule has 1 aliphatic heterocycles. The molecule has 0 saturated carbocycles. The van der Waals surface area contributed by atoms with Crippen LogP contribution in [-0.4, -0.2) is 32.4 Å². The van der Waals surface area contributed by atoms with E-state index in [1.807, 2.05) is 19.9 Å². The molecule has 0 amide bonds. The Morgan fingerprint density at radius 1 is 1.28 bits per heavy atom. The number of hydrogen-bond donors (Lipinski definition) is 0. The lowest BCUT2D eigenvalue weighted by atomic mass is 9.90. The molecule has 1 aromatic carbocycles. The summed E-state index contributed by atoms with van der Waals surface area (Å²) in [5.41, 5.74) is 3.82. The molecule has 2 rings (SSSR count). The fourth-order valence-corrected chi connectivity index (χ4v) is 3.00. The van der Waals surface area contributed by atoms with Crippen molar-refractivity contribution < 1.29 is 28.6 Å². The zero-order chi connectivity index (χ0) is 18.6. The van der Waals surface area contributed by atoms with E-state index in [9.17, 15) is 14.4 Å². The average molecular weight is 346 g/mol. The van der Waals surface area contributed by atoms with Gasteiger partial charge in [0.15, 0.2) is 6.29 Å². The number of methoxy groups -OCH3 is 2. The summed E-state index contributed by atoms with van der Waals surface area (Å²) in [5, 5.41) is 0. The smallest absolute Gasteiger partial charge is 0.339 e. The van der Waals surface area contributed by atoms with Gasteiger partial charge < -0.3 is 14.2 Å². The Morgan fingerprint density at radius 2 is 2.00 bits per heavy atom. The van der Waals surface area contributed by atoms with E-state index in [0.29, 0.717) is 53.6 Å². The zero-order valence-electron chi connectivity index (χ0n) is 14.9. The van der Waals surface area contributed by atoms with Crippen LogP contribution < -0.4 is 4.74 Å². The highest BCUT2D eigenvalue weighted by atomic mass is 16.5. The highest BCUT2D eigenvalue weighted by Crippen LogP contribution is 2.37. The third-order valence-electron chi connectivity index (χ3n) is 4.44. The number of benzene rings is 1. The third-order valence-corrected chi connectivity index (χ3v) is 4.44. The van der Waals surface area contributed by atoms with E-state index in [-0.39, 0.29) is 12.6 Å². The van der Waals surface area contributed by atoms with Gasteiger partial charge in [-0.25, -0.2) is 4.79 Å². The second-order valence-corrected chi connectivity index (χ2v) is 5.93. The van der Waals surface area contributed by atoms with Crippen LogP contribution in [0.15, 0.2) is 11.6 Å². The number of ether oxygens (including phenoxy) is 3. The van der Waals surface area contributed by atoms with Crippen LogP contribution in [0.25, 0.3) is 0 Å². The van der Waals surface area contributed by atoms with Crippen LogP contribution in [0.4, 0.5) is 0 Å². The molecule has 0 aromatic heterocycles. The van der Waals surface area contributed by atoms with Gasteiger partial charge in [-0.2, -0.15) is 0 Å². The number of hydrogen-bond acceptors (Lipinski definition) is 6. The highest BCUT2D eigenvalue weighted by Gasteiger charge is 2.31. The van der Waals surface area contributed by atoms with Crippen molar-refractivity contribution in [1.82, 2.24) is 0 Å². The van der Waals surface area contributed by atoms with Gasteiger partial charge in [-0.15, -0.1) is 0 Å². The monoisotopic (exact) mass is 346 g/mol. The van der Waals surface area contributed by atoms with Gasteiger partial charge in [-0.05, 0) is 32.3 Å². The lowest BCUT2D eigenvalue weighted by molar-refractivity contribution is -0.140. The molecule has 0 fully saturated rings. The van der Waals surface area contributed by atoms with E-state index in [4.69, 9.17) is 9.47 Å². The van der Waals surface area contributed by atoms with Crippen molar-refractivity contribution in [2.45, 2.75) is 39.7 Å². The fourth-order valence-electron chi connectivity index (χ4n) is 3.00. The molecular weight excluding hydrogens is 324 g/mol. The van der Waals surface area contributed by atoms with Crippen LogP contribution in [0.1, 0.15) is 57.2 Å². The summed E-state index contributed by atoms with van der Waals surface area (Å²) < 4.78 is 15.2. The molecule has 0 aliphatic carbocycles. The molecule has 1 heterocycles. The first-order valence-corrected chi connectivity index (χ1v) is 8.01. The van der Waals surface area contributed by atoms with E-state index in [1.54, 1.807) is 0 Å². The van der Waals surface area contributed by atoms with Gasteiger partial charge in [0.1, 0.15) is 12.4 Å². The molecule has 0 N–H and O–H groups in total. The van der Waals surface area contributed by atoms with Crippen molar-refractivity contribution in [1.29, 1.82) is 0 Å². The Bertz CT molecular complexity index is 745. The lowest BCUT2D eigenvalue weighted by Crippen LogP contribution is -2.08.